The first-order valence-corrected chi connectivity index (χ1v) is 8.20. The van der Waals surface area contributed by atoms with Crippen LogP contribution < -0.4 is 15.6 Å². The molecule has 0 aliphatic heterocycles. The lowest BCUT2D eigenvalue weighted by Crippen LogP contribution is -2.32. The molecule has 0 unspecified atom stereocenters. The topological polar surface area (TPSA) is 73.2 Å². The van der Waals surface area contributed by atoms with Crippen LogP contribution in [0.2, 0.25) is 0 Å². The molecule has 6 nitrogen and oxygen atoms in total. The maximum Gasteiger partial charge on any atom is 0.387 e. The third kappa shape index (κ3) is 4.28. The number of halogens is 2. The van der Waals surface area contributed by atoms with Gasteiger partial charge in [-0.2, -0.15) is 8.78 Å². The Morgan fingerprint density at radius 2 is 2.00 bits per heavy atom. The summed E-state index contributed by atoms with van der Waals surface area (Å²) in [6, 6.07) is 11.4. The highest BCUT2D eigenvalue weighted by Crippen LogP contribution is 2.19. The van der Waals surface area contributed by atoms with Gasteiger partial charge < -0.3 is 10.1 Å². The lowest BCUT2D eigenvalue weighted by Gasteiger charge is -2.12. The molecule has 0 fully saturated rings. The normalized spacial score (nSPS) is 11.0. The van der Waals surface area contributed by atoms with Gasteiger partial charge >= 0.3 is 6.61 Å². The van der Waals surface area contributed by atoms with Crippen molar-refractivity contribution in [1.29, 1.82) is 0 Å². The number of para-hydroxylation sites is 2. The van der Waals surface area contributed by atoms with Crippen LogP contribution in [0.5, 0.6) is 5.75 Å². The van der Waals surface area contributed by atoms with E-state index in [0.717, 1.165) is 5.56 Å². The molecule has 0 bridgehead atoms. The van der Waals surface area contributed by atoms with Crippen LogP contribution in [0.15, 0.2) is 53.6 Å². The predicted molar refractivity (Wildman–Crippen MR) is 95.7 cm³/mol. The molecule has 0 radical (unpaired) electrons. The van der Waals surface area contributed by atoms with E-state index in [2.05, 4.69) is 15.0 Å². The van der Waals surface area contributed by atoms with Crippen LogP contribution in [-0.4, -0.2) is 22.1 Å². The molecular weight excluding hydrogens is 356 g/mol. The van der Waals surface area contributed by atoms with Crippen LogP contribution in [0, 0.1) is 6.92 Å². The van der Waals surface area contributed by atoms with Crippen LogP contribution in [-0.2, 0) is 17.9 Å². The van der Waals surface area contributed by atoms with Gasteiger partial charge in [-0.25, -0.2) is 4.98 Å². The van der Waals surface area contributed by atoms with Crippen molar-refractivity contribution in [2.45, 2.75) is 26.6 Å². The largest absolute Gasteiger partial charge is 0.434 e. The number of ether oxygens (including phenoxy) is 1. The van der Waals surface area contributed by atoms with Gasteiger partial charge in [0.25, 0.3) is 5.56 Å². The van der Waals surface area contributed by atoms with Gasteiger partial charge in [-0.3, -0.25) is 14.2 Å². The van der Waals surface area contributed by atoms with Gasteiger partial charge in [-0.15, -0.1) is 0 Å². The van der Waals surface area contributed by atoms with E-state index >= 15 is 0 Å². The van der Waals surface area contributed by atoms with E-state index in [-0.39, 0.29) is 24.4 Å². The van der Waals surface area contributed by atoms with Crippen LogP contribution in [0.25, 0.3) is 10.9 Å². The van der Waals surface area contributed by atoms with E-state index in [1.807, 2.05) is 13.0 Å². The molecular formula is C19H17F2N3O3. The van der Waals surface area contributed by atoms with Crippen LogP contribution in [0.1, 0.15) is 11.1 Å². The van der Waals surface area contributed by atoms with Crippen molar-refractivity contribution in [2.24, 2.45) is 0 Å². The molecule has 0 atom stereocenters. The second kappa shape index (κ2) is 7.94. The molecule has 1 amide bonds. The van der Waals surface area contributed by atoms with Gasteiger partial charge in [0.05, 0.1) is 17.2 Å². The second-order valence-electron chi connectivity index (χ2n) is 5.91. The quantitative estimate of drug-likeness (QED) is 0.721. The molecule has 0 aliphatic rings. The zero-order valence-electron chi connectivity index (χ0n) is 14.5. The molecule has 0 spiro atoms. The Balaban J connectivity index is 1.71. The van der Waals surface area contributed by atoms with Gasteiger partial charge in [0.15, 0.2) is 0 Å². The van der Waals surface area contributed by atoms with Crippen LogP contribution in [0.3, 0.4) is 0 Å². The minimum absolute atomic E-state index is 0.00338. The third-order valence-electron chi connectivity index (χ3n) is 4.03. The standard InChI is InChI=1S/C19H17F2N3O3/c1-12-5-4-7-14-17(12)23-11-24(18(14)26)10-16(25)22-9-13-6-2-3-8-15(13)27-19(20)21/h2-8,11,19H,9-10H2,1H3,(H,22,25). The molecule has 1 N–H and O–H groups in total. The van der Waals surface area contributed by atoms with Crippen molar-refractivity contribution >= 4 is 16.8 Å². The summed E-state index contributed by atoms with van der Waals surface area (Å²) in [5.74, 6) is -0.453. The van der Waals surface area contributed by atoms with Gasteiger partial charge in [0.2, 0.25) is 5.91 Å². The van der Waals surface area contributed by atoms with Gasteiger partial charge in [-0.1, -0.05) is 30.3 Å². The zero-order valence-corrected chi connectivity index (χ0v) is 14.5. The van der Waals surface area contributed by atoms with E-state index in [9.17, 15) is 18.4 Å². The third-order valence-corrected chi connectivity index (χ3v) is 4.03. The zero-order chi connectivity index (χ0) is 19.4. The summed E-state index contributed by atoms with van der Waals surface area (Å²) in [6.45, 7) is -1.33. The minimum atomic E-state index is -2.95. The molecule has 0 saturated carbocycles. The highest BCUT2D eigenvalue weighted by Gasteiger charge is 2.12. The van der Waals surface area contributed by atoms with Crippen LogP contribution in [0.4, 0.5) is 8.78 Å². The highest BCUT2D eigenvalue weighted by atomic mass is 19.3. The SMILES string of the molecule is Cc1cccc2c(=O)n(CC(=O)NCc3ccccc3OC(F)F)cnc12. The van der Waals surface area contributed by atoms with Gasteiger partial charge in [-0.05, 0) is 24.6 Å². The molecule has 0 saturated heterocycles. The van der Waals surface area contributed by atoms with Gasteiger partial charge in [0.1, 0.15) is 12.3 Å². The lowest BCUT2D eigenvalue weighted by molar-refractivity contribution is -0.121. The molecule has 2 aromatic carbocycles. The summed E-state index contributed by atoms with van der Waals surface area (Å²) in [5.41, 5.74) is 1.56. The first-order valence-electron chi connectivity index (χ1n) is 8.20. The van der Waals surface area contributed by atoms with Crippen molar-refractivity contribution in [1.82, 2.24) is 14.9 Å². The minimum Gasteiger partial charge on any atom is -0.434 e. The number of benzene rings is 2. The fraction of sp³-hybridized carbons (Fsp3) is 0.211. The second-order valence-corrected chi connectivity index (χ2v) is 5.91. The van der Waals surface area contributed by atoms with Crippen molar-refractivity contribution in [2.75, 3.05) is 0 Å². The first kappa shape index (κ1) is 18.5. The van der Waals surface area contributed by atoms with Crippen molar-refractivity contribution in [3.05, 3.63) is 70.3 Å². The number of aryl methyl sites for hydroxylation is 1. The number of carbonyl (C=O) groups is 1. The average Bonchev–Trinajstić information content (AvgIpc) is 2.63. The summed E-state index contributed by atoms with van der Waals surface area (Å²) in [5, 5.41) is 3.03. The number of carbonyl (C=O) groups excluding carboxylic acids is 1. The van der Waals surface area contributed by atoms with E-state index < -0.39 is 12.5 Å². The number of rotatable bonds is 6. The maximum atomic E-state index is 12.5. The molecule has 3 rings (SSSR count). The highest BCUT2D eigenvalue weighted by molar-refractivity contribution is 5.81. The molecule has 1 heterocycles. The Labute approximate surface area is 153 Å². The summed E-state index contributed by atoms with van der Waals surface area (Å²) in [4.78, 5) is 28.9. The van der Waals surface area contributed by atoms with Crippen molar-refractivity contribution < 1.29 is 18.3 Å². The Kier molecular flexibility index (Phi) is 5.44. The monoisotopic (exact) mass is 373 g/mol. The number of fused-ring (bicyclic) bond motifs is 1. The van der Waals surface area contributed by atoms with Gasteiger partial charge in [0, 0.05) is 12.1 Å². The van der Waals surface area contributed by atoms with E-state index in [0.29, 0.717) is 16.5 Å². The Bertz CT molecular complexity index is 1030. The first-order chi connectivity index (χ1) is 13.0. The van der Waals surface area contributed by atoms with E-state index in [1.165, 1.54) is 17.0 Å². The summed E-state index contributed by atoms with van der Waals surface area (Å²) >= 11 is 0. The number of nitrogens with zero attached hydrogens (tertiary/aromatic N) is 2. The number of nitrogens with one attached hydrogen (secondary N) is 1. The molecule has 140 valence electrons. The van der Waals surface area contributed by atoms with Crippen LogP contribution >= 0.6 is 0 Å². The molecule has 27 heavy (non-hydrogen) atoms. The van der Waals surface area contributed by atoms with E-state index in [4.69, 9.17) is 0 Å². The maximum absolute atomic E-state index is 12.5. The number of amides is 1. The smallest absolute Gasteiger partial charge is 0.387 e. The Morgan fingerprint density at radius 3 is 2.78 bits per heavy atom. The predicted octanol–water partition coefficient (Wildman–Crippen LogP) is 2.62. The summed E-state index contributed by atoms with van der Waals surface area (Å²) < 4.78 is 30.5. The summed E-state index contributed by atoms with van der Waals surface area (Å²) in [7, 11) is 0. The molecule has 3 aromatic rings. The molecule has 8 heteroatoms. The number of alkyl halides is 2. The Morgan fingerprint density at radius 1 is 1.22 bits per heavy atom. The average molecular weight is 373 g/mol. The number of aromatic nitrogens is 2. The number of hydrogen-bond donors (Lipinski definition) is 1. The summed E-state index contributed by atoms with van der Waals surface area (Å²) in [6.07, 6.45) is 1.32. The number of hydrogen-bond acceptors (Lipinski definition) is 4. The van der Waals surface area contributed by atoms with Crippen molar-refractivity contribution in [3.63, 3.8) is 0 Å². The fourth-order valence-corrected chi connectivity index (χ4v) is 2.72. The van der Waals surface area contributed by atoms with E-state index in [1.54, 1.807) is 30.3 Å². The fourth-order valence-electron chi connectivity index (χ4n) is 2.72. The Hall–Kier alpha value is -3.29. The lowest BCUT2D eigenvalue weighted by atomic mass is 10.1. The molecule has 1 aromatic heterocycles. The molecule has 0 aliphatic carbocycles. The van der Waals surface area contributed by atoms with Crippen molar-refractivity contribution in [3.8, 4) is 5.75 Å².